The number of ether oxygens (including phenoxy) is 1. The van der Waals surface area contributed by atoms with Crippen LogP contribution in [0.4, 0.5) is 0 Å². The van der Waals surface area contributed by atoms with Crippen molar-refractivity contribution in [2.24, 2.45) is 5.10 Å². The fourth-order valence-electron chi connectivity index (χ4n) is 3.40. The molecule has 1 heterocycles. The molecule has 0 amide bonds. The van der Waals surface area contributed by atoms with Gasteiger partial charge in [-0.3, -0.25) is 0 Å². The summed E-state index contributed by atoms with van der Waals surface area (Å²) in [6, 6.07) is 22.5. The third kappa shape index (κ3) is 3.73. The Morgan fingerprint density at radius 1 is 0.966 bits per heavy atom. The molecule has 5 nitrogen and oxygen atoms in total. The fourth-order valence-corrected chi connectivity index (χ4v) is 4.97. The molecule has 0 bridgehead atoms. The Hall–Kier alpha value is -2.83. The predicted molar refractivity (Wildman–Crippen MR) is 114 cm³/mol. The molecule has 0 fully saturated rings. The van der Waals surface area contributed by atoms with Crippen LogP contribution in [0, 0.1) is 0 Å². The van der Waals surface area contributed by atoms with Crippen molar-refractivity contribution in [3.8, 4) is 5.75 Å². The summed E-state index contributed by atoms with van der Waals surface area (Å²) in [6.45, 7) is 0. The molecule has 0 aromatic heterocycles. The van der Waals surface area contributed by atoms with Gasteiger partial charge in [-0.15, -0.1) is 0 Å². The molecule has 1 aliphatic rings. The van der Waals surface area contributed by atoms with Gasteiger partial charge >= 0.3 is 0 Å². The summed E-state index contributed by atoms with van der Waals surface area (Å²) in [5.74, 6) is 0.623. The van der Waals surface area contributed by atoms with Gasteiger partial charge in [-0.1, -0.05) is 60.1 Å². The average Bonchev–Trinajstić information content (AvgIpc) is 3.21. The Labute approximate surface area is 175 Å². The van der Waals surface area contributed by atoms with Crippen LogP contribution in [0.1, 0.15) is 23.6 Å². The van der Waals surface area contributed by atoms with Crippen LogP contribution in [0.25, 0.3) is 0 Å². The largest absolute Gasteiger partial charge is 0.496 e. The summed E-state index contributed by atoms with van der Waals surface area (Å²) in [7, 11) is -2.27. The minimum atomic E-state index is -3.85. The van der Waals surface area contributed by atoms with Crippen LogP contribution >= 0.6 is 11.6 Å². The van der Waals surface area contributed by atoms with Gasteiger partial charge in [0.15, 0.2) is 0 Å². The van der Waals surface area contributed by atoms with E-state index < -0.39 is 16.1 Å². The summed E-state index contributed by atoms with van der Waals surface area (Å²) >= 11 is 6.00. The summed E-state index contributed by atoms with van der Waals surface area (Å²) in [5, 5.41) is 5.15. The molecule has 1 aliphatic heterocycles. The molecule has 7 heteroatoms. The number of nitrogens with zero attached hydrogens (tertiary/aromatic N) is 2. The SMILES string of the molecule is COc1ccccc1[C@H]1CC(c2ccc(Cl)cc2)=NN1S(=O)(=O)c1ccccc1. The van der Waals surface area contributed by atoms with Crippen molar-refractivity contribution >= 4 is 27.3 Å². The van der Waals surface area contributed by atoms with E-state index in [0.29, 0.717) is 22.9 Å². The van der Waals surface area contributed by atoms with E-state index in [-0.39, 0.29) is 4.90 Å². The summed E-state index contributed by atoms with van der Waals surface area (Å²) in [5.41, 5.74) is 2.28. The van der Waals surface area contributed by atoms with E-state index in [2.05, 4.69) is 5.10 Å². The van der Waals surface area contributed by atoms with Gasteiger partial charge in [0.1, 0.15) is 5.75 Å². The van der Waals surface area contributed by atoms with Gasteiger partial charge in [-0.05, 0) is 35.9 Å². The van der Waals surface area contributed by atoms with Crippen LogP contribution in [0.15, 0.2) is 88.9 Å². The number of para-hydroxylation sites is 1. The zero-order valence-electron chi connectivity index (χ0n) is 15.7. The number of halogens is 1. The van der Waals surface area contributed by atoms with Crippen molar-refractivity contribution in [2.75, 3.05) is 7.11 Å². The normalized spacial score (nSPS) is 16.6. The number of sulfonamides is 1. The Balaban J connectivity index is 1.83. The molecule has 0 unspecified atom stereocenters. The first-order valence-corrected chi connectivity index (χ1v) is 10.9. The highest BCUT2D eigenvalue weighted by molar-refractivity contribution is 7.89. The second kappa shape index (κ2) is 7.89. The summed E-state index contributed by atoms with van der Waals surface area (Å²) in [6.07, 6.45) is 0.425. The third-order valence-corrected chi connectivity index (χ3v) is 6.78. The van der Waals surface area contributed by atoms with Crippen LogP contribution in [0.5, 0.6) is 5.75 Å². The van der Waals surface area contributed by atoms with Crippen molar-refractivity contribution in [1.82, 2.24) is 4.41 Å². The number of methoxy groups -OCH3 is 1. The maximum Gasteiger partial charge on any atom is 0.279 e. The molecule has 0 saturated heterocycles. The van der Waals surface area contributed by atoms with Gasteiger partial charge in [0.2, 0.25) is 0 Å². The maximum absolute atomic E-state index is 13.4. The molecule has 0 N–H and O–H groups in total. The van der Waals surface area contributed by atoms with Crippen LogP contribution in [-0.2, 0) is 10.0 Å². The second-order valence-corrected chi connectivity index (χ2v) is 8.84. The highest BCUT2D eigenvalue weighted by atomic mass is 35.5. The van der Waals surface area contributed by atoms with Gasteiger partial charge in [0, 0.05) is 17.0 Å². The van der Waals surface area contributed by atoms with Crippen molar-refractivity contribution in [2.45, 2.75) is 17.4 Å². The van der Waals surface area contributed by atoms with Gasteiger partial charge in [0.25, 0.3) is 10.0 Å². The van der Waals surface area contributed by atoms with Gasteiger partial charge in [0.05, 0.1) is 23.8 Å². The first-order valence-electron chi connectivity index (χ1n) is 9.06. The molecule has 0 spiro atoms. The van der Waals surface area contributed by atoms with Crippen LogP contribution < -0.4 is 4.74 Å². The first kappa shape index (κ1) is 19.5. The molecule has 0 aliphatic carbocycles. The summed E-state index contributed by atoms with van der Waals surface area (Å²) in [4.78, 5) is 0.195. The summed E-state index contributed by atoms with van der Waals surface area (Å²) < 4.78 is 33.5. The maximum atomic E-state index is 13.4. The smallest absolute Gasteiger partial charge is 0.279 e. The Bertz CT molecular complexity index is 1150. The Kier molecular flexibility index (Phi) is 5.30. The highest BCUT2D eigenvalue weighted by Crippen LogP contribution is 2.40. The van der Waals surface area contributed by atoms with E-state index in [0.717, 1.165) is 11.1 Å². The Morgan fingerprint density at radius 2 is 1.62 bits per heavy atom. The number of hydrogen-bond acceptors (Lipinski definition) is 4. The number of rotatable bonds is 5. The lowest BCUT2D eigenvalue weighted by molar-refractivity contribution is 0.350. The molecule has 29 heavy (non-hydrogen) atoms. The predicted octanol–water partition coefficient (Wildman–Crippen LogP) is 4.89. The minimum absolute atomic E-state index is 0.195. The molecular formula is C22H19ClN2O3S. The van der Waals surface area contributed by atoms with E-state index in [9.17, 15) is 8.42 Å². The third-order valence-electron chi connectivity index (χ3n) is 4.84. The first-order chi connectivity index (χ1) is 14.0. The van der Waals surface area contributed by atoms with Gasteiger partial charge in [-0.2, -0.15) is 17.9 Å². The lowest BCUT2D eigenvalue weighted by atomic mass is 9.98. The number of hydrazone groups is 1. The molecule has 4 rings (SSSR count). The standard InChI is InChI=1S/C22H19ClN2O3S/c1-28-22-10-6-5-9-19(22)21-15-20(16-11-13-17(23)14-12-16)24-25(21)29(26,27)18-7-3-2-4-8-18/h2-14,21H,15H2,1H3/t21-/m1/s1. The lowest BCUT2D eigenvalue weighted by Crippen LogP contribution is -2.27. The Morgan fingerprint density at radius 3 is 2.31 bits per heavy atom. The van der Waals surface area contributed by atoms with Crippen LogP contribution in [0.3, 0.4) is 0 Å². The quantitative estimate of drug-likeness (QED) is 0.583. The van der Waals surface area contributed by atoms with Crippen molar-refractivity contribution < 1.29 is 13.2 Å². The molecule has 0 saturated carbocycles. The van der Waals surface area contributed by atoms with E-state index in [1.165, 1.54) is 4.41 Å². The van der Waals surface area contributed by atoms with Crippen LogP contribution in [0.2, 0.25) is 5.02 Å². The van der Waals surface area contributed by atoms with Gasteiger partial charge in [-0.25, -0.2) is 0 Å². The van der Waals surface area contributed by atoms with Crippen molar-refractivity contribution in [3.63, 3.8) is 0 Å². The number of hydrogen-bond donors (Lipinski definition) is 0. The molecule has 3 aromatic carbocycles. The van der Waals surface area contributed by atoms with Gasteiger partial charge < -0.3 is 4.74 Å². The lowest BCUT2D eigenvalue weighted by Gasteiger charge is -2.24. The minimum Gasteiger partial charge on any atom is -0.496 e. The highest BCUT2D eigenvalue weighted by Gasteiger charge is 2.38. The van der Waals surface area contributed by atoms with E-state index in [4.69, 9.17) is 16.3 Å². The van der Waals surface area contributed by atoms with E-state index in [1.807, 2.05) is 36.4 Å². The second-order valence-electron chi connectivity index (χ2n) is 6.61. The molecule has 3 aromatic rings. The van der Waals surface area contributed by atoms with Crippen LogP contribution in [-0.4, -0.2) is 25.7 Å². The molecular weight excluding hydrogens is 408 g/mol. The molecule has 0 radical (unpaired) electrons. The molecule has 148 valence electrons. The van der Waals surface area contributed by atoms with Crippen molar-refractivity contribution in [3.05, 3.63) is 95.0 Å². The van der Waals surface area contributed by atoms with E-state index >= 15 is 0 Å². The zero-order valence-corrected chi connectivity index (χ0v) is 17.3. The fraction of sp³-hybridized carbons (Fsp3) is 0.136. The van der Waals surface area contributed by atoms with E-state index in [1.54, 1.807) is 49.6 Å². The number of benzene rings is 3. The average molecular weight is 427 g/mol. The van der Waals surface area contributed by atoms with Crippen molar-refractivity contribution in [1.29, 1.82) is 0 Å². The zero-order chi connectivity index (χ0) is 20.4. The monoisotopic (exact) mass is 426 g/mol. The molecule has 1 atom stereocenters. The topological polar surface area (TPSA) is 59.0 Å².